The second-order valence-electron chi connectivity index (χ2n) is 4.36. The molecule has 0 fully saturated rings. The van der Waals surface area contributed by atoms with Crippen molar-refractivity contribution in [3.63, 3.8) is 0 Å². The molecule has 5 nitrogen and oxygen atoms in total. The zero-order valence-corrected chi connectivity index (χ0v) is 10.6. The van der Waals surface area contributed by atoms with Crippen LogP contribution in [0.15, 0.2) is 0 Å². The van der Waals surface area contributed by atoms with Gasteiger partial charge in [0.25, 0.3) is 0 Å². The Balaban J connectivity index is 4.61. The lowest BCUT2D eigenvalue weighted by atomic mass is 10.0. The average Bonchev–Trinajstić information content (AvgIpc) is 2.15. The predicted octanol–water partition coefficient (Wildman–Crippen LogP) is 1.12. The molecule has 5 heteroatoms. The van der Waals surface area contributed by atoms with Crippen molar-refractivity contribution in [3.05, 3.63) is 0 Å². The number of ether oxygens (including phenoxy) is 1. The van der Waals surface area contributed by atoms with Crippen LogP contribution < -0.4 is 0 Å². The molecular weight excluding hydrogens is 210 g/mol. The SMILES string of the molecule is CCN(C(=O)COC(C)C)C(C)(C)C(=O)O. The van der Waals surface area contributed by atoms with Gasteiger partial charge in [-0.15, -0.1) is 0 Å². The van der Waals surface area contributed by atoms with Crippen molar-refractivity contribution in [3.8, 4) is 0 Å². The Morgan fingerprint density at radius 2 is 1.88 bits per heavy atom. The number of nitrogens with zero attached hydrogens (tertiary/aromatic N) is 1. The minimum absolute atomic E-state index is 0.0457. The maximum Gasteiger partial charge on any atom is 0.329 e. The van der Waals surface area contributed by atoms with E-state index in [2.05, 4.69) is 0 Å². The van der Waals surface area contributed by atoms with Crippen molar-refractivity contribution in [2.24, 2.45) is 0 Å². The molecule has 0 bridgehead atoms. The van der Waals surface area contributed by atoms with Gasteiger partial charge >= 0.3 is 5.97 Å². The third-order valence-corrected chi connectivity index (χ3v) is 2.36. The Bertz CT molecular complexity index is 261. The lowest BCUT2D eigenvalue weighted by Crippen LogP contribution is -2.54. The van der Waals surface area contributed by atoms with Gasteiger partial charge < -0.3 is 14.7 Å². The summed E-state index contributed by atoms with van der Waals surface area (Å²) in [5.74, 6) is -1.32. The molecule has 0 heterocycles. The Morgan fingerprint density at radius 1 is 1.38 bits per heavy atom. The van der Waals surface area contributed by atoms with Crippen LogP contribution in [0.25, 0.3) is 0 Å². The number of rotatable bonds is 6. The van der Waals surface area contributed by atoms with Crippen molar-refractivity contribution in [2.75, 3.05) is 13.2 Å². The normalized spacial score (nSPS) is 11.6. The summed E-state index contributed by atoms with van der Waals surface area (Å²) in [5, 5.41) is 9.03. The molecule has 0 unspecified atom stereocenters. The Kier molecular flexibility index (Phi) is 5.44. The largest absolute Gasteiger partial charge is 0.480 e. The molecule has 0 aromatic carbocycles. The maximum absolute atomic E-state index is 11.8. The predicted molar refractivity (Wildman–Crippen MR) is 60.2 cm³/mol. The standard InChI is InChI=1S/C11H21NO4/c1-6-12(11(4,5)10(14)15)9(13)7-16-8(2)3/h8H,6-7H2,1-5H3,(H,14,15). The number of carbonyl (C=O) groups is 2. The number of amides is 1. The molecule has 0 spiro atoms. The van der Waals surface area contributed by atoms with Crippen LogP contribution in [-0.4, -0.2) is 46.7 Å². The van der Waals surface area contributed by atoms with Crippen molar-refractivity contribution in [1.82, 2.24) is 4.90 Å². The fourth-order valence-corrected chi connectivity index (χ4v) is 1.31. The highest BCUT2D eigenvalue weighted by atomic mass is 16.5. The molecule has 0 rings (SSSR count). The molecule has 0 aliphatic heterocycles. The number of carboxylic acids is 1. The third kappa shape index (κ3) is 3.81. The van der Waals surface area contributed by atoms with Crippen molar-refractivity contribution >= 4 is 11.9 Å². The fourth-order valence-electron chi connectivity index (χ4n) is 1.31. The monoisotopic (exact) mass is 231 g/mol. The average molecular weight is 231 g/mol. The second kappa shape index (κ2) is 5.84. The first-order chi connectivity index (χ1) is 7.23. The maximum atomic E-state index is 11.8. The summed E-state index contributed by atoms with van der Waals surface area (Å²) in [6.45, 7) is 8.68. The summed E-state index contributed by atoms with van der Waals surface area (Å²) in [6, 6.07) is 0. The van der Waals surface area contributed by atoms with Crippen LogP contribution in [0.5, 0.6) is 0 Å². The molecule has 0 aliphatic rings. The van der Waals surface area contributed by atoms with Crippen molar-refractivity contribution in [2.45, 2.75) is 46.3 Å². The van der Waals surface area contributed by atoms with Gasteiger partial charge in [-0.2, -0.15) is 0 Å². The lowest BCUT2D eigenvalue weighted by molar-refractivity contribution is -0.159. The number of carbonyl (C=O) groups excluding carboxylic acids is 1. The highest BCUT2D eigenvalue weighted by Crippen LogP contribution is 2.14. The quantitative estimate of drug-likeness (QED) is 0.744. The van der Waals surface area contributed by atoms with E-state index in [1.165, 1.54) is 18.7 Å². The van der Waals surface area contributed by atoms with Crippen molar-refractivity contribution in [1.29, 1.82) is 0 Å². The summed E-state index contributed by atoms with van der Waals surface area (Å²) >= 11 is 0. The fraction of sp³-hybridized carbons (Fsp3) is 0.818. The second-order valence-corrected chi connectivity index (χ2v) is 4.36. The number of carboxylic acid groups (broad SMARTS) is 1. The number of hydrogen-bond donors (Lipinski definition) is 1. The molecule has 0 saturated heterocycles. The van der Waals surface area contributed by atoms with E-state index in [4.69, 9.17) is 9.84 Å². The van der Waals surface area contributed by atoms with Crippen LogP contribution in [0.4, 0.5) is 0 Å². The van der Waals surface area contributed by atoms with E-state index in [9.17, 15) is 9.59 Å². The zero-order valence-electron chi connectivity index (χ0n) is 10.6. The Hall–Kier alpha value is -1.10. The molecule has 0 aromatic heterocycles. The van der Waals surface area contributed by atoms with Crippen LogP contribution >= 0.6 is 0 Å². The zero-order chi connectivity index (χ0) is 12.9. The molecule has 0 saturated carbocycles. The van der Waals surface area contributed by atoms with E-state index in [-0.39, 0.29) is 18.6 Å². The molecule has 0 radical (unpaired) electrons. The van der Waals surface area contributed by atoms with Crippen LogP contribution in [0, 0.1) is 0 Å². The van der Waals surface area contributed by atoms with Gasteiger partial charge in [0.1, 0.15) is 12.1 Å². The van der Waals surface area contributed by atoms with Crippen LogP contribution in [0.3, 0.4) is 0 Å². The van der Waals surface area contributed by atoms with Crippen LogP contribution in [0.2, 0.25) is 0 Å². The molecular formula is C11H21NO4. The highest BCUT2D eigenvalue weighted by molar-refractivity contribution is 5.86. The summed E-state index contributed by atoms with van der Waals surface area (Å²) in [4.78, 5) is 24.1. The number of hydrogen-bond acceptors (Lipinski definition) is 3. The first kappa shape index (κ1) is 14.9. The van der Waals surface area contributed by atoms with E-state index in [1.807, 2.05) is 13.8 Å². The molecule has 16 heavy (non-hydrogen) atoms. The Morgan fingerprint density at radius 3 is 2.19 bits per heavy atom. The summed E-state index contributed by atoms with van der Waals surface area (Å²) in [7, 11) is 0. The van der Waals surface area contributed by atoms with Crippen LogP contribution in [0.1, 0.15) is 34.6 Å². The molecule has 94 valence electrons. The van der Waals surface area contributed by atoms with E-state index >= 15 is 0 Å². The smallest absolute Gasteiger partial charge is 0.329 e. The molecule has 1 amide bonds. The van der Waals surface area contributed by atoms with Gasteiger partial charge in [-0.25, -0.2) is 4.79 Å². The van der Waals surface area contributed by atoms with Crippen molar-refractivity contribution < 1.29 is 19.4 Å². The molecule has 0 atom stereocenters. The van der Waals surface area contributed by atoms with Gasteiger partial charge in [-0.05, 0) is 34.6 Å². The first-order valence-electron chi connectivity index (χ1n) is 5.39. The Labute approximate surface area is 96.4 Å². The molecule has 0 aliphatic carbocycles. The van der Waals surface area contributed by atoms with Gasteiger partial charge in [0, 0.05) is 6.54 Å². The third-order valence-electron chi connectivity index (χ3n) is 2.36. The molecule has 0 aromatic rings. The lowest BCUT2D eigenvalue weighted by Gasteiger charge is -2.34. The van der Waals surface area contributed by atoms with E-state index in [0.29, 0.717) is 6.54 Å². The van der Waals surface area contributed by atoms with E-state index < -0.39 is 11.5 Å². The van der Waals surface area contributed by atoms with E-state index in [1.54, 1.807) is 6.92 Å². The summed E-state index contributed by atoms with van der Waals surface area (Å²) < 4.78 is 5.18. The number of likely N-dealkylation sites (N-methyl/N-ethyl adjacent to an activating group) is 1. The minimum Gasteiger partial charge on any atom is -0.480 e. The van der Waals surface area contributed by atoms with Crippen LogP contribution in [-0.2, 0) is 14.3 Å². The topological polar surface area (TPSA) is 66.8 Å². The number of aliphatic carboxylic acids is 1. The van der Waals surface area contributed by atoms with Gasteiger partial charge in [0.2, 0.25) is 5.91 Å². The van der Waals surface area contributed by atoms with Gasteiger partial charge in [-0.3, -0.25) is 4.79 Å². The first-order valence-corrected chi connectivity index (χ1v) is 5.39. The van der Waals surface area contributed by atoms with Gasteiger partial charge in [-0.1, -0.05) is 0 Å². The minimum atomic E-state index is -1.20. The summed E-state index contributed by atoms with van der Waals surface area (Å²) in [5.41, 5.74) is -1.20. The van der Waals surface area contributed by atoms with E-state index in [0.717, 1.165) is 0 Å². The van der Waals surface area contributed by atoms with Gasteiger partial charge in [0.05, 0.1) is 6.10 Å². The highest BCUT2D eigenvalue weighted by Gasteiger charge is 2.36. The molecule has 1 N–H and O–H groups in total. The summed E-state index contributed by atoms with van der Waals surface area (Å²) in [6.07, 6.45) is -0.0457. The van der Waals surface area contributed by atoms with Gasteiger partial charge in [0.15, 0.2) is 0 Å².